The van der Waals surface area contributed by atoms with Gasteiger partial charge in [-0.15, -0.1) is 17.9 Å². The van der Waals surface area contributed by atoms with Gasteiger partial charge in [0.25, 0.3) is 0 Å². The number of rotatable bonds is 8. The molecule has 0 fully saturated rings. The minimum Gasteiger partial charge on any atom is -0.380 e. The third-order valence-electron chi connectivity index (χ3n) is 2.49. The quantitative estimate of drug-likeness (QED) is 0.581. The lowest BCUT2D eigenvalue weighted by molar-refractivity contribution is 0.140. The maximum atomic E-state index is 5.42. The van der Waals surface area contributed by atoms with Crippen LogP contribution in [-0.2, 0) is 16.7 Å². The normalized spacial score (nSPS) is 11.7. The van der Waals surface area contributed by atoms with Crippen molar-refractivity contribution < 1.29 is 4.74 Å². The number of nitrogens with zero attached hydrogens (tertiary/aromatic N) is 1. The zero-order valence-electron chi connectivity index (χ0n) is 11.7. The van der Waals surface area contributed by atoms with Crippen LogP contribution in [0.5, 0.6) is 0 Å². The number of thiazole rings is 1. The highest BCUT2D eigenvalue weighted by molar-refractivity contribution is 7.09. The summed E-state index contributed by atoms with van der Waals surface area (Å²) < 4.78 is 5.42. The van der Waals surface area contributed by atoms with Crippen LogP contribution in [0.4, 0.5) is 0 Å². The van der Waals surface area contributed by atoms with Gasteiger partial charge in [0, 0.05) is 23.9 Å². The van der Waals surface area contributed by atoms with Gasteiger partial charge in [-0.1, -0.05) is 26.8 Å². The molecular formula is C14H24N2OS. The van der Waals surface area contributed by atoms with Crippen molar-refractivity contribution >= 4 is 11.3 Å². The van der Waals surface area contributed by atoms with E-state index in [0.29, 0.717) is 0 Å². The molecule has 0 atom stereocenters. The van der Waals surface area contributed by atoms with Crippen LogP contribution in [0.2, 0.25) is 0 Å². The predicted molar refractivity (Wildman–Crippen MR) is 78.2 cm³/mol. The molecule has 4 heteroatoms. The van der Waals surface area contributed by atoms with Crippen LogP contribution >= 0.6 is 11.3 Å². The first-order valence-corrected chi connectivity index (χ1v) is 7.26. The van der Waals surface area contributed by atoms with Gasteiger partial charge in [0.15, 0.2) is 0 Å². The van der Waals surface area contributed by atoms with E-state index in [9.17, 15) is 0 Å². The fraction of sp³-hybridized carbons (Fsp3) is 0.643. The summed E-state index contributed by atoms with van der Waals surface area (Å²) in [5.41, 5.74) is 1.31. The summed E-state index contributed by atoms with van der Waals surface area (Å²) in [7, 11) is 0. The average molecular weight is 268 g/mol. The van der Waals surface area contributed by atoms with E-state index in [2.05, 4.69) is 43.0 Å². The summed E-state index contributed by atoms with van der Waals surface area (Å²) in [4.78, 5) is 4.63. The predicted octanol–water partition coefficient (Wildman–Crippen LogP) is 3.12. The molecule has 1 aromatic rings. The van der Waals surface area contributed by atoms with Crippen molar-refractivity contribution in [2.24, 2.45) is 0 Å². The molecule has 0 aliphatic rings. The SMILES string of the molecule is C=CCCOCCNCc1nc(C(C)(C)C)cs1. The molecule has 1 N–H and O–H groups in total. The summed E-state index contributed by atoms with van der Waals surface area (Å²) in [6, 6.07) is 0. The Balaban J connectivity index is 2.16. The van der Waals surface area contributed by atoms with Crippen LogP contribution in [0.15, 0.2) is 18.0 Å². The van der Waals surface area contributed by atoms with E-state index in [1.54, 1.807) is 11.3 Å². The van der Waals surface area contributed by atoms with Crippen LogP contribution in [0, 0.1) is 0 Å². The molecule has 0 aliphatic heterocycles. The highest BCUT2D eigenvalue weighted by Gasteiger charge is 2.16. The molecule has 18 heavy (non-hydrogen) atoms. The van der Waals surface area contributed by atoms with Gasteiger partial charge in [-0.2, -0.15) is 0 Å². The molecule has 1 aromatic heterocycles. The second-order valence-electron chi connectivity index (χ2n) is 5.24. The van der Waals surface area contributed by atoms with E-state index >= 15 is 0 Å². The number of nitrogens with one attached hydrogen (secondary N) is 1. The van der Waals surface area contributed by atoms with Crippen LogP contribution in [0.1, 0.15) is 37.9 Å². The molecule has 102 valence electrons. The summed E-state index contributed by atoms with van der Waals surface area (Å²) in [5.74, 6) is 0. The van der Waals surface area contributed by atoms with Gasteiger partial charge in [0.1, 0.15) is 5.01 Å². The van der Waals surface area contributed by atoms with Gasteiger partial charge in [-0.05, 0) is 6.42 Å². The van der Waals surface area contributed by atoms with Crippen molar-refractivity contribution in [1.82, 2.24) is 10.3 Å². The number of aromatic nitrogens is 1. The molecule has 0 radical (unpaired) electrons. The van der Waals surface area contributed by atoms with E-state index in [1.807, 2.05) is 6.08 Å². The molecule has 0 amide bonds. The lowest BCUT2D eigenvalue weighted by Gasteiger charge is -2.14. The van der Waals surface area contributed by atoms with Gasteiger partial charge in [-0.3, -0.25) is 0 Å². The van der Waals surface area contributed by atoms with Crippen molar-refractivity contribution in [3.8, 4) is 0 Å². The van der Waals surface area contributed by atoms with Gasteiger partial charge in [0.05, 0.1) is 18.9 Å². The third kappa shape index (κ3) is 5.76. The smallest absolute Gasteiger partial charge is 0.107 e. The highest BCUT2D eigenvalue weighted by atomic mass is 32.1. The zero-order valence-corrected chi connectivity index (χ0v) is 12.5. The Bertz CT molecular complexity index is 355. The molecule has 0 spiro atoms. The Kier molecular flexibility index (Phi) is 6.54. The zero-order chi connectivity index (χ0) is 13.4. The Morgan fingerprint density at radius 3 is 2.83 bits per heavy atom. The van der Waals surface area contributed by atoms with Crippen molar-refractivity contribution in [1.29, 1.82) is 0 Å². The second kappa shape index (κ2) is 7.67. The molecule has 1 heterocycles. The number of hydrogen-bond acceptors (Lipinski definition) is 4. The monoisotopic (exact) mass is 268 g/mol. The van der Waals surface area contributed by atoms with Crippen LogP contribution in [-0.4, -0.2) is 24.7 Å². The van der Waals surface area contributed by atoms with E-state index in [4.69, 9.17) is 4.74 Å². The Morgan fingerprint density at radius 2 is 2.22 bits per heavy atom. The first kappa shape index (κ1) is 15.3. The number of ether oxygens (including phenoxy) is 1. The maximum absolute atomic E-state index is 5.42. The fourth-order valence-corrected chi connectivity index (χ4v) is 2.34. The Hall–Kier alpha value is -0.710. The standard InChI is InChI=1S/C14H24N2OS/c1-5-6-8-17-9-7-15-10-13-16-12(11-18-13)14(2,3)4/h5,11,15H,1,6-10H2,2-4H3. The van der Waals surface area contributed by atoms with Crippen molar-refractivity contribution in [3.63, 3.8) is 0 Å². The Morgan fingerprint density at radius 1 is 1.44 bits per heavy atom. The van der Waals surface area contributed by atoms with Crippen LogP contribution in [0.3, 0.4) is 0 Å². The van der Waals surface area contributed by atoms with Gasteiger partial charge < -0.3 is 10.1 Å². The van der Waals surface area contributed by atoms with E-state index < -0.39 is 0 Å². The van der Waals surface area contributed by atoms with Crippen molar-refractivity contribution in [2.75, 3.05) is 19.8 Å². The third-order valence-corrected chi connectivity index (χ3v) is 3.33. The lowest BCUT2D eigenvalue weighted by atomic mass is 9.93. The fourth-order valence-electron chi connectivity index (χ4n) is 1.34. The van der Waals surface area contributed by atoms with Gasteiger partial charge in [-0.25, -0.2) is 4.98 Å². The summed E-state index contributed by atoms with van der Waals surface area (Å²) in [6.07, 6.45) is 2.79. The minimum absolute atomic E-state index is 0.141. The maximum Gasteiger partial charge on any atom is 0.107 e. The van der Waals surface area contributed by atoms with Crippen molar-refractivity contribution in [3.05, 3.63) is 28.7 Å². The lowest BCUT2D eigenvalue weighted by Crippen LogP contribution is -2.19. The first-order chi connectivity index (χ1) is 8.54. The molecule has 0 unspecified atom stereocenters. The van der Waals surface area contributed by atoms with Crippen LogP contribution in [0.25, 0.3) is 0 Å². The van der Waals surface area contributed by atoms with E-state index in [0.717, 1.165) is 37.7 Å². The molecular weight excluding hydrogens is 244 g/mol. The van der Waals surface area contributed by atoms with E-state index in [-0.39, 0.29) is 5.41 Å². The molecule has 0 saturated heterocycles. The van der Waals surface area contributed by atoms with Crippen LogP contribution < -0.4 is 5.32 Å². The largest absolute Gasteiger partial charge is 0.380 e. The molecule has 0 aromatic carbocycles. The number of hydrogen-bond donors (Lipinski definition) is 1. The van der Waals surface area contributed by atoms with Gasteiger partial charge in [0.2, 0.25) is 0 Å². The Labute approximate surface area is 114 Å². The summed E-state index contributed by atoms with van der Waals surface area (Å²) >= 11 is 1.72. The van der Waals surface area contributed by atoms with E-state index in [1.165, 1.54) is 5.69 Å². The molecule has 0 saturated carbocycles. The summed E-state index contributed by atoms with van der Waals surface area (Å²) in [6.45, 7) is 13.4. The molecule has 3 nitrogen and oxygen atoms in total. The highest BCUT2D eigenvalue weighted by Crippen LogP contribution is 2.23. The first-order valence-electron chi connectivity index (χ1n) is 6.38. The average Bonchev–Trinajstić information content (AvgIpc) is 2.76. The van der Waals surface area contributed by atoms with Crippen molar-refractivity contribution in [2.45, 2.75) is 39.2 Å². The van der Waals surface area contributed by atoms with Gasteiger partial charge >= 0.3 is 0 Å². The minimum atomic E-state index is 0.141. The molecule has 0 aliphatic carbocycles. The second-order valence-corrected chi connectivity index (χ2v) is 6.19. The molecule has 0 bridgehead atoms. The topological polar surface area (TPSA) is 34.1 Å². The summed E-state index contributed by atoms with van der Waals surface area (Å²) in [5, 5.41) is 6.64. The molecule has 1 rings (SSSR count).